The van der Waals surface area contributed by atoms with Gasteiger partial charge in [0.25, 0.3) is 0 Å². The molecule has 0 saturated heterocycles. The van der Waals surface area contributed by atoms with E-state index in [1.807, 2.05) is 74.4 Å². The minimum Gasteiger partial charge on any atom is -0.468 e. The molecule has 0 aromatic heterocycles. The summed E-state index contributed by atoms with van der Waals surface area (Å²) in [7, 11) is 5.32. The van der Waals surface area contributed by atoms with E-state index in [1.165, 1.54) is 7.11 Å². The Morgan fingerprint density at radius 1 is 1.07 bits per heavy atom. The number of esters is 1. The highest BCUT2D eigenvalue weighted by molar-refractivity contribution is 6.11. The van der Waals surface area contributed by atoms with Crippen LogP contribution in [0.1, 0.15) is 24.9 Å². The van der Waals surface area contributed by atoms with Crippen LogP contribution < -0.4 is 15.5 Å². The number of allylic oxidation sites excluding steroid dienone is 1. The molecule has 0 radical (unpaired) electrons. The molecule has 2 aliphatic rings. The second kappa shape index (κ2) is 7.86. The number of benzene rings is 2. The molecule has 6 nitrogen and oxygen atoms in total. The molecule has 4 rings (SSSR count). The first kappa shape index (κ1) is 20.0. The third kappa shape index (κ3) is 3.43. The maximum absolute atomic E-state index is 13.6. The maximum Gasteiger partial charge on any atom is 0.316 e. The maximum atomic E-state index is 13.6. The first-order valence-electron chi connectivity index (χ1n) is 10.2. The van der Waals surface area contributed by atoms with Crippen LogP contribution >= 0.6 is 0 Å². The van der Waals surface area contributed by atoms with Crippen LogP contribution in [0.4, 0.5) is 17.1 Å². The van der Waals surface area contributed by atoms with Crippen LogP contribution in [0.15, 0.2) is 59.8 Å². The number of methoxy groups -OCH3 is 1. The number of ketones is 1. The summed E-state index contributed by atoms with van der Waals surface area (Å²) in [6.45, 7) is 1.93. The molecule has 6 heteroatoms. The largest absolute Gasteiger partial charge is 0.468 e. The van der Waals surface area contributed by atoms with Gasteiger partial charge in [0.2, 0.25) is 0 Å². The monoisotopic (exact) mass is 405 g/mol. The fourth-order valence-corrected chi connectivity index (χ4v) is 4.35. The van der Waals surface area contributed by atoms with E-state index in [0.717, 1.165) is 28.3 Å². The van der Waals surface area contributed by atoms with E-state index in [1.54, 1.807) is 0 Å². The Balaban J connectivity index is 1.84. The van der Waals surface area contributed by atoms with Gasteiger partial charge in [0.1, 0.15) is 5.92 Å². The van der Waals surface area contributed by atoms with Gasteiger partial charge in [-0.15, -0.1) is 0 Å². The van der Waals surface area contributed by atoms with Gasteiger partial charge in [-0.2, -0.15) is 0 Å². The number of anilines is 3. The molecule has 2 aromatic carbocycles. The molecule has 1 heterocycles. The third-order valence-electron chi connectivity index (χ3n) is 5.97. The summed E-state index contributed by atoms with van der Waals surface area (Å²) in [5, 5.41) is 7.00. The minimum atomic E-state index is -0.790. The number of para-hydroxylation sites is 2. The molecule has 2 aromatic rings. The highest BCUT2D eigenvalue weighted by atomic mass is 16.5. The van der Waals surface area contributed by atoms with Gasteiger partial charge in [-0.05, 0) is 42.2 Å². The van der Waals surface area contributed by atoms with Crippen LogP contribution in [-0.2, 0) is 14.3 Å². The zero-order valence-electron chi connectivity index (χ0n) is 17.7. The summed E-state index contributed by atoms with van der Waals surface area (Å²) in [5.74, 6) is -1.58. The standard InChI is InChI=1S/C24H27N3O3/c1-14-13-19-21(23(28)20(14)24(29)30-4)22(15-9-11-16(12-10-15)27(2)3)26-18-8-6-5-7-17(18)25-19/h5-12,14,20,22,25-26H,13H2,1-4H3/t14-,20-,22-/m0/s1. The van der Waals surface area contributed by atoms with Crippen LogP contribution in [0, 0.1) is 11.8 Å². The molecular formula is C24H27N3O3. The van der Waals surface area contributed by atoms with Crippen molar-refractivity contribution < 1.29 is 14.3 Å². The Bertz CT molecular complexity index is 1010. The zero-order chi connectivity index (χ0) is 21.4. The molecule has 1 aliphatic carbocycles. The molecule has 0 spiro atoms. The Kier molecular flexibility index (Phi) is 5.24. The van der Waals surface area contributed by atoms with Gasteiger partial charge in [-0.25, -0.2) is 0 Å². The lowest BCUT2D eigenvalue weighted by molar-refractivity contribution is -0.151. The molecule has 30 heavy (non-hydrogen) atoms. The number of Topliss-reactive ketones (excluding diaryl/α,β-unsaturated/α-hetero) is 1. The van der Waals surface area contributed by atoms with Gasteiger partial charge in [0.15, 0.2) is 5.78 Å². The van der Waals surface area contributed by atoms with Crippen molar-refractivity contribution >= 4 is 28.8 Å². The summed E-state index contributed by atoms with van der Waals surface area (Å²) < 4.78 is 4.96. The van der Waals surface area contributed by atoms with Crippen LogP contribution in [-0.4, -0.2) is 33.0 Å². The molecular weight excluding hydrogens is 378 g/mol. The van der Waals surface area contributed by atoms with E-state index in [9.17, 15) is 9.59 Å². The molecule has 1 aliphatic heterocycles. The minimum absolute atomic E-state index is 0.141. The van der Waals surface area contributed by atoms with E-state index >= 15 is 0 Å². The van der Waals surface area contributed by atoms with E-state index in [0.29, 0.717) is 12.0 Å². The third-order valence-corrected chi connectivity index (χ3v) is 5.97. The smallest absolute Gasteiger partial charge is 0.316 e. The summed E-state index contributed by atoms with van der Waals surface area (Å²) in [6.07, 6.45) is 0.600. The van der Waals surface area contributed by atoms with Crippen LogP contribution in [0.5, 0.6) is 0 Å². The lowest BCUT2D eigenvalue weighted by Crippen LogP contribution is -2.39. The number of hydrogen-bond acceptors (Lipinski definition) is 6. The topological polar surface area (TPSA) is 70.7 Å². The second-order valence-corrected chi connectivity index (χ2v) is 8.17. The summed E-state index contributed by atoms with van der Waals surface area (Å²) in [6, 6.07) is 15.7. The molecule has 3 atom stereocenters. The van der Waals surface area contributed by atoms with Crippen LogP contribution in [0.3, 0.4) is 0 Å². The SMILES string of the molecule is COC(=O)[C@@H]1C(=O)C2=C(C[C@@H]1C)Nc1ccccc1N[C@H]2c1ccc(N(C)C)cc1. The Labute approximate surface area is 176 Å². The van der Waals surface area contributed by atoms with Gasteiger partial charge in [0.05, 0.1) is 24.5 Å². The predicted octanol–water partition coefficient (Wildman–Crippen LogP) is 3.98. The molecule has 156 valence electrons. The van der Waals surface area contributed by atoms with E-state index in [2.05, 4.69) is 10.6 Å². The van der Waals surface area contributed by atoms with Crippen LogP contribution in [0.25, 0.3) is 0 Å². The number of fused-ring (bicyclic) bond motifs is 1. The summed E-state index contributed by atoms with van der Waals surface area (Å²) >= 11 is 0. The van der Waals surface area contributed by atoms with Crippen LogP contribution in [0.2, 0.25) is 0 Å². The van der Waals surface area contributed by atoms with Crippen molar-refractivity contribution in [1.82, 2.24) is 0 Å². The number of ether oxygens (including phenoxy) is 1. The van der Waals surface area contributed by atoms with Gasteiger partial charge >= 0.3 is 5.97 Å². The molecule has 0 saturated carbocycles. The van der Waals surface area contributed by atoms with E-state index < -0.39 is 11.9 Å². The highest BCUT2D eigenvalue weighted by Crippen LogP contribution is 2.43. The first-order valence-corrected chi connectivity index (χ1v) is 10.2. The van der Waals surface area contributed by atoms with Crippen molar-refractivity contribution in [3.05, 3.63) is 65.4 Å². The van der Waals surface area contributed by atoms with Crippen molar-refractivity contribution in [1.29, 1.82) is 0 Å². The van der Waals surface area contributed by atoms with Gasteiger partial charge in [-0.3, -0.25) is 9.59 Å². The number of nitrogens with one attached hydrogen (secondary N) is 2. The van der Waals surface area contributed by atoms with Gasteiger partial charge in [0, 0.05) is 31.1 Å². The number of carbonyl (C=O) groups excluding carboxylic acids is 2. The first-order chi connectivity index (χ1) is 14.4. The Hall–Kier alpha value is -3.28. The quantitative estimate of drug-likeness (QED) is 0.595. The summed E-state index contributed by atoms with van der Waals surface area (Å²) in [4.78, 5) is 28.0. The van der Waals surface area contributed by atoms with E-state index in [-0.39, 0.29) is 17.7 Å². The molecule has 0 bridgehead atoms. The van der Waals surface area contributed by atoms with Gasteiger partial charge in [-0.1, -0.05) is 31.2 Å². The summed E-state index contributed by atoms with van der Waals surface area (Å²) in [5.41, 5.74) is 5.37. The number of hydrogen-bond donors (Lipinski definition) is 2. The average molecular weight is 405 g/mol. The van der Waals surface area contributed by atoms with Gasteiger partial charge < -0.3 is 20.3 Å². The molecule has 2 N–H and O–H groups in total. The fraction of sp³-hybridized carbons (Fsp3) is 0.333. The van der Waals surface area contributed by atoms with Crippen molar-refractivity contribution in [2.45, 2.75) is 19.4 Å². The molecule has 0 amide bonds. The highest BCUT2D eigenvalue weighted by Gasteiger charge is 2.44. The predicted molar refractivity (Wildman–Crippen MR) is 119 cm³/mol. The average Bonchev–Trinajstić information content (AvgIpc) is 2.90. The Morgan fingerprint density at radius 3 is 2.37 bits per heavy atom. The van der Waals surface area contributed by atoms with Crippen molar-refractivity contribution in [2.75, 3.05) is 36.7 Å². The second-order valence-electron chi connectivity index (χ2n) is 8.17. The lowest BCUT2D eigenvalue weighted by atomic mass is 9.75. The zero-order valence-corrected chi connectivity index (χ0v) is 17.7. The number of carbonyl (C=O) groups is 2. The number of nitrogens with zero attached hydrogens (tertiary/aromatic N) is 1. The van der Waals surface area contributed by atoms with Crippen molar-refractivity contribution in [2.24, 2.45) is 11.8 Å². The van der Waals surface area contributed by atoms with E-state index in [4.69, 9.17) is 4.74 Å². The van der Waals surface area contributed by atoms with Crippen molar-refractivity contribution in [3.63, 3.8) is 0 Å². The fourth-order valence-electron chi connectivity index (χ4n) is 4.35. The van der Waals surface area contributed by atoms with Crippen molar-refractivity contribution in [3.8, 4) is 0 Å². The Morgan fingerprint density at radius 2 is 1.73 bits per heavy atom. The molecule has 0 unspecified atom stereocenters. The normalized spacial score (nSPS) is 22.8. The number of rotatable bonds is 3. The molecule has 0 fully saturated rings. The lowest BCUT2D eigenvalue weighted by Gasteiger charge is -2.32.